The standard InChI is InChI=1S/C20H29N3O2/c21-18(14-16-6-2-1-3-7-16)20(25)22-12-9-17(10-13-22)15-23-11-5-4-8-19(23)24/h1-3,6-7,17-18H,4-5,8-15,21H2/t18-/m1/s1. The maximum Gasteiger partial charge on any atom is 0.239 e. The summed E-state index contributed by atoms with van der Waals surface area (Å²) in [6.45, 7) is 3.28. The molecule has 2 aliphatic rings. The molecule has 136 valence electrons. The molecule has 5 nitrogen and oxygen atoms in total. The van der Waals surface area contributed by atoms with Crippen molar-refractivity contribution < 1.29 is 9.59 Å². The van der Waals surface area contributed by atoms with E-state index in [0.717, 1.165) is 57.4 Å². The fourth-order valence-electron chi connectivity index (χ4n) is 3.89. The Kier molecular flexibility index (Phi) is 6.08. The Morgan fingerprint density at radius 1 is 1.12 bits per heavy atom. The van der Waals surface area contributed by atoms with Gasteiger partial charge in [-0.2, -0.15) is 0 Å². The number of carbonyl (C=O) groups is 2. The molecule has 5 heteroatoms. The molecule has 2 heterocycles. The van der Waals surface area contributed by atoms with Gasteiger partial charge in [0.2, 0.25) is 11.8 Å². The molecule has 0 saturated carbocycles. The van der Waals surface area contributed by atoms with E-state index in [-0.39, 0.29) is 5.91 Å². The zero-order valence-electron chi connectivity index (χ0n) is 14.9. The molecule has 0 aliphatic carbocycles. The van der Waals surface area contributed by atoms with Gasteiger partial charge < -0.3 is 15.5 Å². The van der Waals surface area contributed by atoms with Gasteiger partial charge in [0.1, 0.15) is 0 Å². The SMILES string of the molecule is N[C@H](Cc1ccccc1)C(=O)N1CCC(CN2CCCCC2=O)CC1. The normalized spacial score (nSPS) is 20.6. The van der Waals surface area contributed by atoms with Gasteiger partial charge in [0.15, 0.2) is 0 Å². The summed E-state index contributed by atoms with van der Waals surface area (Å²) in [5.41, 5.74) is 7.24. The van der Waals surface area contributed by atoms with Crippen molar-refractivity contribution in [3.05, 3.63) is 35.9 Å². The van der Waals surface area contributed by atoms with E-state index in [1.54, 1.807) is 0 Å². The molecule has 2 aliphatic heterocycles. The Morgan fingerprint density at radius 3 is 2.52 bits per heavy atom. The van der Waals surface area contributed by atoms with E-state index < -0.39 is 6.04 Å². The highest BCUT2D eigenvalue weighted by molar-refractivity contribution is 5.82. The van der Waals surface area contributed by atoms with E-state index in [4.69, 9.17) is 5.73 Å². The van der Waals surface area contributed by atoms with E-state index >= 15 is 0 Å². The summed E-state index contributed by atoms with van der Waals surface area (Å²) < 4.78 is 0. The molecule has 0 spiro atoms. The van der Waals surface area contributed by atoms with Gasteiger partial charge in [-0.25, -0.2) is 0 Å². The molecule has 2 N–H and O–H groups in total. The van der Waals surface area contributed by atoms with Crippen LogP contribution in [0.1, 0.15) is 37.7 Å². The van der Waals surface area contributed by atoms with Crippen molar-refractivity contribution >= 4 is 11.8 Å². The third-order valence-corrected chi connectivity index (χ3v) is 5.44. The highest BCUT2D eigenvalue weighted by Crippen LogP contribution is 2.21. The number of nitrogens with two attached hydrogens (primary N) is 1. The minimum atomic E-state index is -0.470. The van der Waals surface area contributed by atoms with Crippen molar-refractivity contribution in [2.45, 2.75) is 44.6 Å². The summed E-state index contributed by atoms with van der Waals surface area (Å²) in [5.74, 6) is 0.863. The number of piperidine rings is 2. The molecule has 1 atom stereocenters. The van der Waals surface area contributed by atoms with E-state index in [1.807, 2.05) is 40.1 Å². The number of carbonyl (C=O) groups excluding carboxylic acids is 2. The van der Waals surface area contributed by atoms with Gasteiger partial charge in [-0.3, -0.25) is 9.59 Å². The molecule has 3 rings (SSSR count). The third-order valence-electron chi connectivity index (χ3n) is 5.44. The number of hydrogen-bond acceptors (Lipinski definition) is 3. The lowest BCUT2D eigenvalue weighted by atomic mass is 9.94. The molecule has 0 bridgehead atoms. The van der Waals surface area contributed by atoms with Gasteiger partial charge in [0.05, 0.1) is 6.04 Å². The molecule has 0 aromatic heterocycles. The number of amides is 2. The molecule has 25 heavy (non-hydrogen) atoms. The monoisotopic (exact) mass is 343 g/mol. The van der Waals surface area contributed by atoms with Gasteiger partial charge in [-0.05, 0) is 43.6 Å². The highest BCUT2D eigenvalue weighted by Gasteiger charge is 2.28. The quantitative estimate of drug-likeness (QED) is 0.887. The van der Waals surface area contributed by atoms with Gasteiger partial charge in [-0.15, -0.1) is 0 Å². The van der Waals surface area contributed by atoms with E-state index in [1.165, 1.54) is 0 Å². The van der Waals surface area contributed by atoms with Crippen molar-refractivity contribution in [1.29, 1.82) is 0 Å². The zero-order valence-corrected chi connectivity index (χ0v) is 14.9. The maximum absolute atomic E-state index is 12.6. The van der Waals surface area contributed by atoms with Crippen molar-refractivity contribution in [3.63, 3.8) is 0 Å². The van der Waals surface area contributed by atoms with Crippen LogP contribution >= 0.6 is 0 Å². The maximum atomic E-state index is 12.6. The summed E-state index contributed by atoms with van der Waals surface area (Å²) in [6.07, 6.45) is 5.37. The molecular weight excluding hydrogens is 314 g/mol. The fourth-order valence-corrected chi connectivity index (χ4v) is 3.89. The summed E-state index contributed by atoms with van der Waals surface area (Å²) in [6, 6.07) is 9.46. The number of likely N-dealkylation sites (tertiary alicyclic amines) is 2. The minimum absolute atomic E-state index is 0.0522. The van der Waals surface area contributed by atoms with Crippen LogP contribution in [0.3, 0.4) is 0 Å². The van der Waals surface area contributed by atoms with Crippen LogP contribution in [0.25, 0.3) is 0 Å². The van der Waals surface area contributed by atoms with Crippen LogP contribution in [-0.4, -0.2) is 53.8 Å². The molecular formula is C20H29N3O2. The molecule has 2 amide bonds. The molecule has 2 fully saturated rings. The topological polar surface area (TPSA) is 66.6 Å². The summed E-state index contributed by atoms with van der Waals surface area (Å²) in [5, 5.41) is 0. The first-order valence-electron chi connectivity index (χ1n) is 9.49. The lowest BCUT2D eigenvalue weighted by Gasteiger charge is -2.37. The molecule has 1 aromatic rings. The first-order valence-corrected chi connectivity index (χ1v) is 9.49. The first-order chi connectivity index (χ1) is 12.1. The lowest BCUT2D eigenvalue weighted by Crippen LogP contribution is -2.49. The van der Waals surface area contributed by atoms with E-state index in [2.05, 4.69) is 0 Å². The Hall–Kier alpha value is -1.88. The Morgan fingerprint density at radius 2 is 1.84 bits per heavy atom. The summed E-state index contributed by atoms with van der Waals surface area (Å²) in [7, 11) is 0. The van der Waals surface area contributed by atoms with Gasteiger partial charge >= 0.3 is 0 Å². The highest BCUT2D eigenvalue weighted by atomic mass is 16.2. The Labute approximate surface area is 150 Å². The second kappa shape index (κ2) is 8.48. The second-order valence-electron chi connectivity index (χ2n) is 7.36. The average Bonchev–Trinajstić information content (AvgIpc) is 2.64. The minimum Gasteiger partial charge on any atom is -0.342 e. The number of benzene rings is 1. The van der Waals surface area contributed by atoms with Crippen LogP contribution in [-0.2, 0) is 16.0 Å². The number of rotatable bonds is 5. The first kappa shape index (κ1) is 17.9. The van der Waals surface area contributed by atoms with Crippen LogP contribution < -0.4 is 5.73 Å². The predicted molar refractivity (Wildman–Crippen MR) is 97.9 cm³/mol. The van der Waals surface area contributed by atoms with Gasteiger partial charge in [0, 0.05) is 32.6 Å². The second-order valence-corrected chi connectivity index (χ2v) is 7.36. The van der Waals surface area contributed by atoms with Crippen LogP contribution in [0, 0.1) is 5.92 Å². The van der Waals surface area contributed by atoms with Crippen LogP contribution in [0.4, 0.5) is 0 Å². The molecule has 1 aromatic carbocycles. The molecule has 2 saturated heterocycles. The fraction of sp³-hybridized carbons (Fsp3) is 0.600. The van der Waals surface area contributed by atoms with Crippen LogP contribution in [0.5, 0.6) is 0 Å². The van der Waals surface area contributed by atoms with Crippen molar-refractivity contribution in [3.8, 4) is 0 Å². The average molecular weight is 343 g/mol. The smallest absolute Gasteiger partial charge is 0.239 e. The third kappa shape index (κ3) is 4.82. The summed E-state index contributed by atoms with van der Waals surface area (Å²) >= 11 is 0. The van der Waals surface area contributed by atoms with E-state index in [0.29, 0.717) is 24.7 Å². The van der Waals surface area contributed by atoms with Crippen molar-refractivity contribution in [2.75, 3.05) is 26.2 Å². The molecule has 0 radical (unpaired) electrons. The van der Waals surface area contributed by atoms with Crippen molar-refractivity contribution in [1.82, 2.24) is 9.80 Å². The lowest BCUT2D eigenvalue weighted by molar-refractivity contribution is -0.136. The van der Waals surface area contributed by atoms with Gasteiger partial charge in [0.25, 0.3) is 0 Å². The predicted octanol–water partition coefficient (Wildman–Crippen LogP) is 1.81. The van der Waals surface area contributed by atoms with Crippen LogP contribution in [0.15, 0.2) is 30.3 Å². The number of hydrogen-bond donors (Lipinski definition) is 1. The van der Waals surface area contributed by atoms with Crippen LogP contribution in [0.2, 0.25) is 0 Å². The number of nitrogens with zero attached hydrogens (tertiary/aromatic N) is 2. The van der Waals surface area contributed by atoms with Gasteiger partial charge in [-0.1, -0.05) is 30.3 Å². The van der Waals surface area contributed by atoms with E-state index in [9.17, 15) is 9.59 Å². The zero-order chi connectivity index (χ0) is 17.6. The Balaban J connectivity index is 1.45. The largest absolute Gasteiger partial charge is 0.342 e. The summed E-state index contributed by atoms with van der Waals surface area (Å²) in [4.78, 5) is 28.5. The van der Waals surface area contributed by atoms with Crippen molar-refractivity contribution in [2.24, 2.45) is 11.7 Å². The molecule has 0 unspecified atom stereocenters. The Bertz CT molecular complexity index is 582.